The smallest absolute Gasteiger partial charge is 0.303 e. The molecular weight excluding hydrogens is 626 g/mol. The van der Waals surface area contributed by atoms with Crippen molar-refractivity contribution in [2.75, 3.05) is 19.1 Å². The number of amides is 4. The molecule has 11 nitrogen and oxygen atoms in total. The molecule has 2 heterocycles. The number of phenols is 1. The number of hydrogen-bond donors (Lipinski definition) is 3. The van der Waals surface area contributed by atoms with Gasteiger partial charge in [-0.25, -0.2) is 0 Å². The fraction of sp³-hybridized carbons (Fsp3) is 0.342. The summed E-state index contributed by atoms with van der Waals surface area (Å²) in [5.74, 6) is -6.68. The number of aromatic hydroxyl groups is 1. The predicted octanol–water partition coefficient (Wildman–Crippen LogP) is 4.56. The molecule has 1 saturated carbocycles. The summed E-state index contributed by atoms with van der Waals surface area (Å²) >= 11 is 0. The van der Waals surface area contributed by atoms with Crippen LogP contribution in [0.3, 0.4) is 0 Å². The van der Waals surface area contributed by atoms with E-state index in [9.17, 15) is 24.3 Å². The number of carboxylic acid groups (broad SMARTS) is 1. The quantitative estimate of drug-likeness (QED) is 0.221. The molecule has 252 valence electrons. The lowest BCUT2D eigenvalue weighted by Gasteiger charge is -2.50. The lowest BCUT2D eigenvalue weighted by atomic mass is 9.49. The molecule has 11 heteroatoms. The van der Waals surface area contributed by atoms with Gasteiger partial charge in [0, 0.05) is 24.4 Å². The van der Waals surface area contributed by atoms with Gasteiger partial charge in [-0.05, 0) is 55.9 Å². The third-order valence-corrected chi connectivity index (χ3v) is 10.8. The Kier molecular flexibility index (Phi) is 8.01. The van der Waals surface area contributed by atoms with E-state index in [2.05, 4.69) is 5.43 Å². The zero-order valence-corrected chi connectivity index (χ0v) is 27.2. The van der Waals surface area contributed by atoms with Gasteiger partial charge in [0.1, 0.15) is 0 Å². The van der Waals surface area contributed by atoms with E-state index in [1.807, 2.05) is 55.5 Å². The van der Waals surface area contributed by atoms with Crippen LogP contribution in [0.2, 0.25) is 0 Å². The number of carboxylic acids is 1. The largest absolute Gasteiger partial charge is 0.504 e. The first-order chi connectivity index (χ1) is 23.6. The van der Waals surface area contributed by atoms with Crippen molar-refractivity contribution in [3.63, 3.8) is 0 Å². The number of rotatable bonds is 9. The molecule has 4 amide bonds. The molecule has 0 bridgehead atoms. The fourth-order valence-electron chi connectivity index (χ4n) is 8.70. The van der Waals surface area contributed by atoms with E-state index < -0.39 is 58.7 Å². The molecule has 0 spiro atoms. The van der Waals surface area contributed by atoms with Gasteiger partial charge in [-0.15, -0.1) is 0 Å². The summed E-state index contributed by atoms with van der Waals surface area (Å²) in [6.45, 7) is 1.92. The summed E-state index contributed by atoms with van der Waals surface area (Å²) in [5.41, 5.74) is 4.75. The van der Waals surface area contributed by atoms with Crippen molar-refractivity contribution in [3.8, 4) is 11.5 Å². The molecule has 2 aliphatic heterocycles. The van der Waals surface area contributed by atoms with E-state index >= 15 is 4.79 Å². The van der Waals surface area contributed by atoms with Crippen LogP contribution >= 0.6 is 0 Å². The zero-order valence-electron chi connectivity index (χ0n) is 27.2. The van der Waals surface area contributed by atoms with E-state index in [1.54, 1.807) is 30.3 Å². The van der Waals surface area contributed by atoms with Crippen LogP contribution in [-0.2, 0) is 29.4 Å². The number of likely N-dealkylation sites (tertiary alicyclic amines) is 1. The molecule has 7 rings (SSSR count). The van der Waals surface area contributed by atoms with Gasteiger partial charge in [0.2, 0.25) is 11.8 Å². The van der Waals surface area contributed by atoms with Gasteiger partial charge in [-0.1, -0.05) is 71.8 Å². The van der Waals surface area contributed by atoms with Crippen LogP contribution in [0.15, 0.2) is 84.4 Å². The van der Waals surface area contributed by atoms with Crippen molar-refractivity contribution >= 4 is 35.3 Å². The molecule has 3 N–H and O–H groups in total. The van der Waals surface area contributed by atoms with Crippen LogP contribution in [0, 0.1) is 30.6 Å². The predicted molar refractivity (Wildman–Crippen MR) is 177 cm³/mol. The maximum Gasteiger partial charge on any atom is 0.303 e. The van der Waals surface area contributed by atoms with E-state index in [0.29, 0.717) is 22.4 Å². The second-order valence-electron chi connectivity index (χ2n) is 13.3. The molecule has 0 radical (unpaired) electrons. The number of anilines is 1. The number of fused-ring (bicyclic) bond motifs is 4. The number of benzene rings is 3. The van der Waals surface area contributed by atoms with Gasteiger partial charge in [-0.2, -0.15) is 5.01 Å². The number of imide groups is 2. The maximum atomic E-state index is 15.2. The number of carbonyl (C=O) groups excluding carboxylic acids is 4. The summed E-state index contributed by atoms with van der Waals surface area (Å²) in [6, 6.07) is 21.4. The minimum atomic E-state index is -1.53. The number of hydrogen-bond acceptors (Lipinski definition) is 8. The topological polar surface area (TPSA) is 154 Å². The van der Waals surface area contributed by atoms with E-state index in [1.165, 1.54) is 12.0 Å². The third kappa shape index (κ3) is 4.90. The van der Waals surface area contributed by atoms with Crippen LogP contribution < -0.4 is 10.2 Å². The highest BCUT2D eigenvalue weighted by molar-refractivity contribution is 6.13. The Morgan fingerprint density at radius 3 is 2.37 bits per heavy atom. The summed E-state index contributed by atoms with van der Waals surface area (Å²) < 4.78 is 5.50. The highest BCUT2D eigenvalue weighted by atomic mass is 16.5. The van der Waals surface area contributed by atoms with Gasteiger partial charge < -0.3 is 14.9 Å². The highest BCUT2D eigenvalue weighted by Gasteiger charge is 2.70. The fourth-order valence-corrected chi connectivity index (χ4v) is 8.70. The Morgan fingerprint density at radius 1 is 0.939 bits per heavy atom. The summed E-state index contributed by atoms with van der Waals surface area (Å²) in [4.78, 5) is 69.9. The first kappa shape index (κ1) is 32.1. The number of aliphatic carboxylic acids is 1. The Labute approximate surface area is 283 Å². The molecule has 4 aliphatic rings. The summed E-state index contributed by atoms with van der Waals surface area (Å²) in [5, 5.41) is 21.9. The number of hydrazine groups is 1. The van der Waals surface area contributed by atoms with Crippen LogP contribution in [-0.4, -0.2) is 63.4 Å². The van der Waals surface area contributed by atoms with Crippen molar-refractivity contribution in [2.45, 2.75) is 43.9 Å². The van der Waals surface area contributed by atoms with Crippen molar-refractivity contribution in [2.24, 2.45) is 23.7 Å². The standard InChI is InChI=1S/C38H37N3O8/c1-21-13-15-23(16-14-21)39-41-35(46)28-20-27-24(17-18-25-31(27)36(47)40(34(25)45)19-7-12-30(42)43)32(26-10-6-11-29(49-2)33(26)44)38(28,37(41)48)22-8-4-3-5-9-22/h3-6,8-11,13-17,25,27-28,31-32,39,44H,7,12,18-20H2,1-2H3,(H,42,43). The minimum Gasteiger partial charge on any atom is -0.504 e. The molecule has 0 aromatic heterocycles. The maximum absolute atomic E-state index is 15.2. The molecule has 49 heavy (non-hydrogen) atoms. The SMILES string of the molecule is COc1cccc(C2C3=CCC4C(=O)N(CCCC(=O)O)C(=O)C4C3CC3C(=O)N(Nc4ccc(C)cc4)C(=O)C32c2ccccc2)c1O. The summed E-state index contributed by atoms with van der Waals surface area (Å²) in [7, 11) is 1.43. The third-order valence-electron chi connectivity index (χ3n) is 10.8. The van der Waals surface area contributed by atoms with Gasteiger partial charge >= 0.3 is 5.97 Å². The number of phenolic OH excluding ortho intramolecular Hbond substituents is 1. The second-order valence-corrected chi connectivity index (χ2v) is 13.3. The van der Waals surface area contributed by atoms with Crippen molar-refractivity contribution in [1.29, 1.82) is 0 Å². The molecule has 3 fully saturated rings. The number of ether oxygens (including phenoxy) is 1. The first-order valence-electron chi connectivity index (χ1n) is 16.5. The Bertz CT molecular complexity index is 1890. The molecule has 3 aromatic rings. The molecular formula is C38H37N3O8. The molecule has 2 saturated heterocycles. The number of allylic oxidation sites excluding steroid dienone is 2. The monoisotopic (exact) mass is 663 g/mol. The number of nitrogens with zero attached hydrogens (tertiary/aromatic N) is 2. The Hall–Kier alpha value is -5.45. The van der Waals surface area contributed by atoms with Crippen LogP contribution in [0.1, 0.15) is 48.3 Å². The van der Waals surface area contributed by atoms with E-state index in [-0.39, 0.29) is 49.6 Å². The van der Waals surface area contributed by atoms with Gasteiger partial charge in [0.15, 0.2) is 11.5 Å². The molecule has 2 aliphatic carbocycles. The number of para-hydroxylation sites is 1. The number of nitrogens with one attached hydrogen (secondary N) is 1. The Morgan fingerprint density at radius 2 is 1.67 bits per heavy atom. The van der Waals surface area contributed by atoms with Crippen LogP contribution in [0.5, 0.6) is 11.5 Å². The number of methoxy groups -OCH3 is 1. The van der Waals surface area contributed by atoms with E-state index in [4.69, 9.17) is 9.84 Å². The van der Waals surface area contributed by atoms with Gasteiger partial charge in [0.05, 0.1) is 36.0 Å². The average molecular weight is 664 g/mol. The normalized spacial score (nSPS) is 27.4. The lowest BCUT2D eigenvalue weighted by molar-refractivity contribution is -0.142. The van der Waals surface area contributed by atoms with E-state index in [0.717, 1.165) is 10.6 Å². The molecule has 6 atom stereocenters. The summed E-state index contributed by atoms with van der Waals surface area (Å²) in [6.07, 6.45) is 2.20. The molecule has 6 unspecified atom stereocenters. The van der Waals surface area contributed by atoms with Crippen LogP contribution in [0.25, 0.3) is 0 Å². The number of carbonyl (C=O) groups is 5. The van der Waals surface area contributed by atoms with Gasteiger partial charge in [-0.3, -0.25) is 34.3 Å². The Balaban J connectivity index is 1.41. The van der Waals surface area contributed by atoms with Crippen molar-refractivity contribution in [3.05, 3.63) is 101 Å². The highest BCUT2D eigenvalue weighted by Crippen LogP contribution is 2.65. The van der Waals surface area contributed by atoms with Crippen molar-refractivity contribution < 1.29 is 38.9 Å². The van der Waals surface area contributed by atoms with Gasteiger partial charge in [0.25, 0.3) is 11.8 Å². The second kappa shape index (κ2) is 12.2. The minimum absolute atomic E-state index is 0.0117. The first-order valence-corrected chi connectivity index (χ1v) is 16.5. The van der Waals surface area contributed by atoms with Crippen LogP contribution in [0.4, 0.5) is 5.69 Å². The van der Waals surface area contributed by atoms with Crippen molar-refractivity contribution in [1.82, 2.24) is 9.91 Å². The molecule has 3 aromatic carbocycles. The lowest BCUT2D eigenvalue weighted by Crippen LogP contribution is -2.53. The number of aryl methyl sites for hydroxylation is 1. The zero-order chi connectivity index (χ0) is 34.6. The average Bonchev–Trinajstić information content (AvgIpc) is 3.47.